The summed E-state index contributed by atoms with van der Waals surface area (Å²) in [5.41, 5.74) is 0.610. The van der Waals surface area contributed by atoms with Gasteiger partial charge in [-0.1, -0.05) is 29.8 Å². The molecule has 0 radical (unpaired) electrons. The first-order valence-corrected chi connectivity index (χ1v) is 10.9. The maximum atomic E-state index is 13.2. The molecule has 2 bridgehead atoms. The maximum Gasteiger partial charge on any atom is 0.251 e. The molecule has 1 amide bonds. The molecule has 1 N–H and O–H groups in total. The van der Waals surface area contributed by atoms with E-state index in [2.05, 4.69) is 5.32 Å². The van der Waals surface area contributed by atoms with Crippen LogP contribution in [0.3, 0.4) is 0 Å². The Hall–Kier alpha value is -2.09. The molecule has 0 aromatic heterocycles. The van der Waals surface area contributed by atoms with Crippen LogP contribution in [0, 0.1) is 5.92 Å². The monoisotopic (exact) mass is 420 g/mol. The van der Waals surface area contributed by atoms with E-state index in [1.54, 1.807) is 24.3 Å². The Bertz CT molecular complexity index is 997. The quantitative estimate of drug-likeness (QED) is 0.806. The van der Waals surface area contributed by atoms with Gasteiger partial charge < -0.3 is 10.1 Å². The molecule has 1 saturated carbocycles. The average Bonchev–Trinajstić information content (AvgIpc) is 3.29. The number of fused-ring (bicyclic) bond motifs is 2. The second kappa shape index (κ2) is 7.39. The van der Waals surface area contributed by atoms with Gasteiger partial charge in [0.1, 0.15) is 10.6 Å². The molecule has 28 heavy (non-hydrogen) atoms. The predicted molar refractivity (Wildman–Crippen MR) is 106 cm³/mol. The first kappa shape index (κ1) is 19.2. The molecular weight excluding hydrogens is 400 g/mol. The summed E-state index contributed by atoms with van der Waals surface area (Å²) in [6.45, 7) is 0.377. The van der Waals surface area contributed by atoms with Gasteiger partial charge in [0.05, 0.1) is 7.11 Å². The van der Waals surface area contributed by atoms with Crippen LogP contribution >= 0.6 is 11.6 Å². The van der Waals surface area contributed by atoms with Gasteiger partial charge in [0.2, 0.25) is 10.0 Å². The Labute approximate surface area is 169 Å². The third-order valence-electron chi connectivity index (χ3n) is 5.56. The number of hydrogen-bond donors (Lipinski definition) is 1. The van der Waals surface area contributed by atoms with Crippen LogP contribution in [0.2, 0.25) is 5.02 Å². The lowest BCUT2D eigenvalue weighted by Gasteiger charge is -2.31. The van der Waals surface area contributed by atoms with Crippen molar-refractivity contribution in [2.75, 3.05) is 13.7 Å². The number of amides is 1. The van der Waals surface area contributed by atoms with Gasteiger partial charge in [-0.2, -0.15) is 4.31 Å². The Morgan fingerprint density at radius 2 is 1.93 bits per heavy atom. The molecule has 1 saturated heterocycles. The van der Waals surface area contributed by atoms with Crippen molar-refractivity contribution in [1.29, 1.82) is 0 Å². The Morgan fingerprint density at radius 1 is 1.18 bits per heavy atom. The lowest BCUT2D eigenvalue weighted by atomic mass is 10.0. The van der Waals surface area contributed by atoms with Crippen LogP contribution in [0.5, 0.6) is 5.75 Å². The summed E-state index contributed by atoms with van der Waals surface area (Å²) < 4.78 is 33.2. The van der Waals surface area contributed by atoms with Gasteiger partial charge in [-0.25, -0.2) is 8.42 Å². The van der Waals surface area contributed by atoms with Crippen molar-refractivity contribution in [3.8, 4) is 5.75 Å². The zero-order chi connectivity index (χ0) is 19.9. The maximum absolute atomic E-state index is 13.2. The van der Waals surface area contributed by atoms with Gasteiger partial charge >= 0.3 is 0 Å². The summed E-state index contributed by atoms with van der Waals surface area (Å²) in [5.74, 6) is 0.253. The molecule has 4 rings (SSSR count). The Balaban J connectivity index is 1.50. The third-order valence-corrected chi connectivity index (χ3v) is 7.73. The molecule has 2 aromatic carbocycles. The average molecular weight is 421 g/mol. The molecule has 1 aliphatic heterocycles. The summed E-state index contributed by atoms with van der Waals surface area (Å²) >= 11 is 6.02. The van der Waals surface area contributed by atoms with E-state index in [4.69, 9.17) is 16.3 Å². The fraction of sp³-hybridized carbons (Fsp3) is 0.350. The van der Waals surface area contributed by atoms with Gasteiger partial charge in [-0.3, -0.25) is 4.79 Å². The van der Waals surface area contributed by atoms with Gasteiger partial charge in [0, 0.05) is 29.2 Å². The minimum atomic E-state index is -3.73. The molecule has 3 atom stereocenters. The number of nitrogens with one attached hydrogen (secondary N) is 1. The predicted octanol–water partition coefficient (Wildman–Crippen LogP) is 2.93. The summed E-state index contributed by atoms with van der Waals surface area (Å²) in [6.07, 6.45) is 1.34. The minimum Gasteiger partial charge on any atom is -0.495 e. The number of sulfonamides is 1. The molecule has 1 aliphatic carbocycles. The van der Waals surface area contributed by atoms with E-state index in [1.165, 1.54) is 17.5 Å². The highest BCUT2D eigenvalue weighted by Crippen LogP contribution is 2.42. The van der Waals surface area contributed by atoms with Crippen molar-refractivity contribution in [3.63, 3.8) is 0 Å². The van der Waals surface area contributed by atoms with Gasteiger partial charge in [0.25, 0.3) is 5.91 Å². The van der Waals surface area contributed by atoms with E-state index >= 15 is 0 Å². The lowest BCUT2D eigenvalue weighted by Crippen LogP contribution is -2.47. The topological polar surface area (TPSA) is 75.7 Å². The van der Waals surface area contributed by atoms with Crippen LogP contribution in [0.25, 0.3) is 0 Å². The zero-order valence-corrected chi connectivity index (χ0v) is 16.9. The lowest BCUT2D eigenvalue weighted by molar-refractivity contribution is 0.0919. The highest BCUT2D eigenvalue weighted by molar-refractivity contribution is 7.89. The molecule has 1 heterocycles. The molecular formula is C20H21ClN2O4S. The number of benzene rings is 2. The van der Waals surface area contributed by atoms with Crippen molar-refractivity contribution in [3.05, 3.63) is 59.1 Å². The Kier molecular flexibility index (Phi) is 5.07. The van der Waals surface area contributed by atoms with E-state index in [9.17, 15) is 13.2 Å². The summed E-state index contributed by atoms with van der Waals surface area (Å²) in [6, 6.07) is 13.5. The third kappa shape index (κ3) is 3.38. The second-order valence-electron chi connectivity index (χ2n) is 7.20. The van der Waals surface area contributed by atoms with Crippen molar-refractivity contribution >= 4 is 27.5 Å². The van der Waals surface area contributed by atoms with E-state index < -0.39 is 10.0 Å². The van der Waals surface area contributed by atoms with Crippen LogP contribution in [-0.2, 0) is 10.0 Å². The van der Waals surface area contributed by atoms with Gasteiger partial charge in [-0.05, 0) is 49.1 Å². The van der Waals surface area contributed by atoms with E-state index in [1.807, 2.05) is 18.2 Å². The molecule has 2 fully saturated rings. The summed E-state index contributed by atoms with van der Waals surface area (Å²) in [5, 5.41) is 3.41. The largest absolute Gasteiger partial charge is 0.495 e. The normalized spacial score (nSPS) is 24.3. The number of methoxy groups -OCH3 is 1. The number of ether oxygens (including phenoxy) is 1. The Morgan fingerprint density at radius 3 is 2.57 bits per heavy atom. The van der Waals surface area contributed by atoms with E-state index in [-0.39, 0.29) is 34.6 Å². The van der Waals surface area contributed by atoms with Crippen molar-refractivity contribution in [2.45, 2.75) is 29.8 Å². The van der Waals surface area contributed by atoms with Gasteiger partial charge in [-0.15, -0.1) is 0 Å². The first-order chi connectivity index (χ1) is 13.4. The molecule has 6 nitrogen and oxygen atoms in total. The van der Waals surface area contributed by atoms with Crippen LogP contribution in [0.1, 0.15) is 23.2 Å². The number of halogens is 1. The van der Waals surface area contributed by atoms with Crippen LogP contribution in [0.4, 0.5) is 0 Å². The first-order valence-electron chi connectivity index (χ1n) is 9.11. The fourth-order valence-electron chi connectivity index (χ4n) is 4.20. The van der Waals surface area contributed by atoms with Crippen LogP contribution < -0.4 is 10.1 Å². The van der Waals surface area contributed by atoms with Crippen molar-refractivity contribution in [2.24, 2.45) is 5.92 Å². The highest BCUT2D eigenvalue weighted by atomic mass is 35.5. The SMILES string of the molecule is COc1ccc(Cl)cc1S(=O)(=O)N1CC2CC1CC2NC(=O)c1ccccc1. The highest BCUT2D eigenvalue weighted by Gasteiger charge is 2.50. The van der Waals surface area contributed by atoms with Crippen molar-refractivity contribution < 1.29 is 17.9 Å². The van der Waals surface area contributed by atoms with Crippen LogP contribution in [0.15, 0.2) is 53.4 Å². The smallest absolute Gasteiger partial charge is 0.251 e. The number of hydrogen-bond acceptors (Lipinski definition) is 4. The van der Waals surface area contributed by atoms with E-state index in [0.29, 0.717) is 23.6 Å². The van der Waals surface area contributed by atoms with E-state index in [0.717, 1.165) is 6.42 Å². The second-order valence-corrected chi connectivity index (χ2v) is 9.50. The molecule has 2 aliphatic rings. The summed E-state index contributed by atoms with van der Waals surface area (Å²) in [4.78, 5) is 12.5. The molecule has 148 valence electrons. The molecule has 2 aromatic rings. The molecule has 0 spiro atoms. The van der Waals surface area contributed by atoms with Gasteiger partial charge in [0.15, 0.2) is 0 Å². The van der Waals surface area contributed by atoms with Crippen LogP contribution in [-0.4, -0.2) is 44.4 Å². The number of nitrogens with zero attached hydrogens (tertiary/aromatic N) is 1. The zero-order valence-electron chi connectivity index (χ0n) is 15.3. The number of rotatable bonds is 5. The number of carbonyl (C=O) groups excluding carboxylic acids is 1. The summed E-state index contributed by atoms with van der Waals surface area (Å²) in [7, 11) is -2.29. The standard InChI is InChI=1S/C20H21ClN2O4S/c1-27-18-8-7-15(21)10-19(18)28(25,26)23-12-14-9-16(23)11-17(14)22-20(24)13-5-3-2-4-6-13/h2-8,10,14,16-17H,9,11-12H2,1H3,(H,22,24). The fourth-order valence-corrected chi connectivity index (χ4v) is 6.33. The van der Waals surface area contributed by atoms with Crippen molar-refractivity contribution in [1.82, 2.24) is 9.62 Å². The minimum absolute atomic E-state index is 0.0228. The molecule has 8 heteroatoms. The number of carbonyl (C=O) groups is 1. The number of piperidine rings is 1. The molecule has 3 unspecified atom stereocenters.